The third-order valence-corrected chi connectivity index (χ3v) is 1.71. The van der Waals surface area contributed by atoms with Crippen LogP contribution in [0.5, 0.6) is 0 Å². The second kappa shape index (κ2) is 4.12. The minimum absolute atomic E-state index is 0.257. The van der Waals surface area contributed by atoms with Crippen molar-refractivity contribution < 1.29 is 13.2 Å². The first-order valence-corrected chi connectivity index (χ1v) is 3.83. The molecule has 0 radical (unpaired) electrons. The van der Waals surface area contributed by atoms with E-state index >= 15 is 0 Å². The van der Waals surface area contributed by atoms with Gasteiger partial charge in [0.2, 0.25) is 0 Å². The first kappa shape index (κ1) is 9.84. The molecule has 13 heavy (non-hydrogen) atoms. The molecule has 0 atom stereocenters. The normalized spacial score (nSPS) is 10.5. The number of alkyl halides is 2. The van der Waals surface area contributed by atoms with Crippen molar-refractivity contribution in [1.29, 1.82) is 0 Å². The standard InChI is InChI=1S/C10H9F3/c1-2-4-7-5-3-6-8(9(7)11)10(12)13/h2-3,5-6,10H,1,4H2. The van der Waals surface area contributed by atoms with E-state index in [1.807, 2.05) is 0 Å². The summed E-state index contributed by atoms with van der Waals surface area (Å²) in [6.45, 7) is 3.42. The Labute approximate surface area is 74.7 Å². The van der Waals surface area contributed by atoms with Crippen molar-refractivity contribution >= 4 is 0 Å². The maximum absolute atomic E-state index is 13.2. The molecular weight excluding hydrogens is 177 g/mol. The van der Waals surface area contributed by atoms with Crippen LogP contribution in [0.2, 0.25) is 0 Å². The van der Waals surface area contributed by atoms with Crippen molar-refractivity contribution in [2.75, 3.05) is 0 Å². The van der Waals surface area contributed by atoms with Crippen molar-refractivity contribution in [3.8, 4) is 0 Å². The molecule has 3 heteroatoms. The summed E-state index contributed by atoms with van der Waals surface area (Å²) in [7, 11) is 0. The third kappa shape index (κ3) is 2.11. The van der Waals surface area contributed by atoms with Crippen molar-refractivity contribution in [2.24, 2.45) is 0 Å². The zero-order chi connectivity index (χ0) is 9.84. The highest BCUT2D eigenvalue weighted by Crippen LogP contribution is 2.24. The fourth-order valence-electron chi connectivity index (χ4n) is 1.08. The largest absolute Gasteiger partial charge is 0.266 e. The second-order valence-electron chi connectivity index (χ2n) is 2.61. The molecule has 1 rings (SSSR count). The van der Waals surface area contributed by atoms with E-state index in [2.05, 4.69) is 6.58 Å². The van der Waals surface area contributed by atoms with Crippen LogP contribution in [0.4, 0.5) is 13.2 Å². The molecule has 0 bridgehead atoms. The Balaban J connectivity index is 3.10. The molecule has 0 amide bonds. The van der Waals surface area contributed by atoms with Gasteiger partial charge in [0.05, 0.1) is 5.56 Å². The van der Waals surface area contributed by atoms with Crippen LogP contribution >= 0.6 is 0 Å². The van der Waals surface area contributed by atoms with Gasteiger partial charge in [-0.3, -0.25) is 0 Å². The van der Waals surface area contributed by atoms with Gasteiger partial charge < -0.3 is 0 Å². The average molecular weight is 186 g/mol. The molecule has 0 nitrogen and oxygen atoms in total. The van der Waals surface area contributed by atoms with Gasteiger partial charge in [-0.15, -0.1) is 6.58 Å². The summed E-state index contributed by atoms with van der Waals surface area (Å²) in [4.78, 5) is 0. The second-order valence-corrected chi connectivity index (χ2v) is 2.61. The lowest BCUT2D eigenvalue weighted by atomic mass is 10.1. The summed E-state index contributed by atoms with van der Waals surface area (Å²) in [5, 5.41) is 0. The zero-order valence-corrected chi connectivity index (χ0v) is 6.93. The predicted octanol–water partition coefficient (Wildman–Crippen LogP) is 3.49. The van der Waals surface area contributed by atoms with E-state index in [4.69, 9.17) is 0 Å². The Kier molecular flexibility index (Phi) is 3.12. The third-order valence-electron chi connectivity index (χ3n) is 1.71. The molecule has 0 unspecified atom stereocenters. The molecule has 70 valence electrons. The van der Waals surface area contributed by atoms with Crippen molar-refractivity contribution in [1.82, 2.24) is 0 Å². The molecule has 1 aromatic carbocycles. The summed E-state index contributed by atoms with van der Waals surface area (Å²) in [5.74, 6) is -0.822. The van der Waals surface area contributed by atoms with Crippen molar-refractivity contribution in [3.05, 3.63) is 47.8 Å². The quantitative estimate of drug-likeness (QED) is 0.634. The lowest BCUT2D eigenvalue weighted by Gasteiger charge is -2.05. The van der Waals surface area contributed by atoms with Gasteiger partial charge in [-0.25, -0.2) is 13.2 Å². The van der Waals surface area contributed by atoms with Gasteiger partial charge in [-0.05, 0) is 12.0 Å². The topological polar surface area (TPSA) is 0 Å². The molecule has 0 N–H and O–H groups in total. The lowest BCUT2D eigenvalue weighted by Crippen LogP contribution is -1.95. The van der Waals surface area contributed by atoms with Gasteiger partial charge in [0.1, 0.15) is 5.82 Å². The smallest absolute Gasteiger partial charge is 0.206 e. The number of benzene rings is 1. The number of rotatable bonds is 3. The predicted molar refractivity (Wildman–Crippen MR) is 45.3 cm³/mol. The van der Waals surface area contributed by atoms with Crippen LogP contribution in [-0.4, -0.2) is 0 Å². The molecule has 0 spiro atoms. The number of allylic oxidation sites excluding steroid dienone is 1. The fourth-order valence-corrected chi connectivity index (χ4v) is 1.08. The summed E-state index contributed by atoms with van der Waals surface area (Å²) < 4.78 is 37.5. The lowest BCUT2D eigenvalue weighted by molar-refractivity contribution is 0.146. The highest BCUT2D eigenvalue weighted by Gasteiger charge is 2.14. The maximum atomic E-state index is 13.2. The van der Waals surface area contributed by atoms with E-state index in [0.717, 1.165) is 6.07 Å². The Morgan fingerprint density at radius 3 is 2.62 bits per heavy atom. The summed E-state index contributed by atoms with van der Waals surface area (Å²) >= 11 is 0. The Morgan fingerprint density at radius 1 is 1.38 bits per heavy atom. The molecule has 0 fully saturated rings. The molecule has 0 aromatic heterocycles. The Bertz CT molecular complexity index is 305. The zero-order valence-electron chi connectivity index (χ0n) is 6.93. The van der Waals surface area contributed by atoms with E-state index in [9.17, 15) is 13.2 Å². The number of hydrogen-bond acceptors (Lipinski definition) is 0. The molecular formula is C10H9F3. The molecule has 0 heterocycles. The highest BCUT2D eigenvalue weighted by molar-refractivity contribution is 5.28. The summed E-state index contributed by atoms with van der Waals surface area (Å²) in [5.41, 5.74) is -0.285. The van der Waals surface area contributed by atoms with Crippen LogP contribution in [0.3, 0.4) is 0 Å². The number of halogens is 3. The average Bonchev–Trinajstić information content (AvgIpc) is 2.08. The first-order valence-electron chi connectivity index (χ1n) is 3.83. The van der Waals surface area contributed by atoms with Crippen molar-refractivity contribution in [3.63, 3.8) is 0 Å². The van der Waals surface area contributed by atoms with Crippen molar-refractivity contribution in [2.45, 2.75) is 12.8 Å². The molecule has 0 aliphatic carbocycles. The van der Waals surface area contributed by atoms with Crippen LogP contribution in [0.15, 0.2) is 30.9 Å². The minimum atomic E-state index is -2.76. The van der Waals surface area contributed by atoms with E-state index in [1.165, 1.54) is 18.2 Å². The molecule has 0 saturated carbocycles. The molecule has 0 aliphatic rings. The summed E-state index contributed by atoms with van der Waals surface area (Å²) in [6.07, 6.45) is -1.01. The highest BCUT2D eigenvalue weighted by atomic mass is 19.3. The van der Waals surface area contributed by atoms with Gasteiger partial charge in [-0.2, -0.15) is 0 Å². The van der Waals surface area contributed by atoms with E-state index in [0.29, 0.717) is 0 Å². The van der Waals surface area contributed by atoms with E-state index in [1.54, 1.807) is 0 Å². The van der Waals surface area contributed by atoms with Crippen LogP contribution < -0.4 is 0 Å². The van der Waals surface area contributed by atoms with Gasteiger partial charge in [0, 0.05) is 0 Å². The SMILES string of the molecule is C=CCc1cccc(C(F)F)c1F. The van der Waals surface area contributed by atoms with E-state index < -0.39 is 17.8 Å². The monoisotopic (exact) mass is 186 g/mol. The van der Waals surface area contributed by atoms with E-state index in [-0.39, 0.29) is 12.0 Å². The maximum Gasteiger partial charge on any atom is 0.266 e. The summed E-state index contributed by atoms with van der Waals surface area (Å²) in [6, 6.07) is 3.99. The molecule has 1 aromatic rings. The van der Waals surface area contributed by atoms with Gasteiger partial charge in [0.15, 0.2) is 0 Å². The van der Waals surface area contributed by atoms with Gasteiger partial charge in [-0.1, -0.05) is 24.3 Å². The molecule has 0 aliphatic heterocycles. The minimum Gasteiger partial charge on any atom is -0.206 e. The number of hydrogen-bond donors (Lipinski definition) is 0. The van der Waals surface area contributed by atoms with Gasteiger partial charge >= 0.3 is 0 Å². The van der Waals surface area contributed by atoms with Gasteiger partial charge in [0.25, 0.3) is 6.43 Å². The molecule has 0 saturated heterocycles. The van der Waals surface area contributed by atoms with Crippen LogP contribution in [0.1, 0.15) is 17.6 Å². The first-order chi connectivity index (χ1) is 6.16. The fraction of sp³-hybridized carbons (Fsp3) is 0.200. The Morgan fingerprint density at radius 2 is 2.08 bits per heavy atom. The van der Waals surface area contributed by atoms with Crippen LogP contribution in [0.25, 0.3) is 0 Å². The van der Waals surface area contributed by atoms with Crippen LogP contribution in [0, 0.1) is 5.82 Å². The Hall–Kier alpha value is -1.25. The van der Waals surface area contributed by atoms with Crippen LogP contribution in [-0.2, 0) is 6.42 Å².